The molecule has 1 aliphatic rings. The number of nitrogens with zero attached hydrogens (tertiary/aromatic N) is 3. The molecule has 0 fully saturated rings. The van der Waals surface area contributed by atoms with Crippen LogP contribution in [0.1, 0.15) is 19.4 Å². The minimum absolute atomic E-state index is 0.124. The highest BCUT2D eigenvalue weighted by Gasteiger charge is 2.20. The quantitative estimate of drug-likeness (QED) is 0.581. The Morgan fingerprint density at radius 3 is 2.68 bits per heavy atom. The predicted molar refractivity (Wildman–Crippen MR) is 119 cm³/mol. The summed E-state index contributed by atoms with van der Waals surface area (Å²) in [5.41, 5.74) is 3.16. The first-order chi connectivity index (χ1) is 15.1. The minimum atomic E-state index is -0.351. The number of nitriles is 1. The molecule has 0 aliphatic carbocycles. The maximum Gasteiger partial charge on any atom is 0.237 e. The van der Waals surface area contributed by atoms with E-state index in [0.717, 1.165) is 34.5 Å². The van der Waals surface area contributed by atoms with E-state index in [2.05, 4.69) is 27.9 Å². The number of fused-ring (bicyclic) bond motifs is 1. The molecule has 0 bridgehead atoms. The van der Waals surface area contributed by atoms with E-state index in [4.69, 9.17) is 14.7 Å². The maximum atomic E-state index is 12.6. The molecule has 0 saturated carbocycles. The van der Waals surface area contributed by atoms with Crippen LogP contribution in [0.2, 0.25) is 0 Å². The van der Waals surface area contributed by atoms with Crippen molar-refractivity contribution >= 4 is 23.4 Å². The molecular weight excluding hydrogens is 412 g/mol. The van der Waals surface area contributed by atoms with E-state index in [1.54, 1.807) is 24.3 Å². The van der Waals surface area contributed by atoms with Gasteiger partial charge in [0.05, 0.1) is 28.8 Å². The molecule has 1 amide bonds. The summed E-state index contributed by atoms with van der Waals surface area (Å²) in [6.07, 6.45) is 1.82. The average Bonchev–Trinajstić information content (AvgIpc) is 3.21. The van der Waals surface area contributed by atoms with Crippen LogP contribution in [0, 0.1) is 11.3 Å². The van der Waals surface area contributed by atoms with Gasteiger partial charge in [-0.15, -0.1) is 0 Å². The fraction of sp³-hybridized carbons (Fsp3) is 0.261. The number of anilines is 1. The van der Waals surface area contributed by atoms with Gasteiger partial charge in [-0.05, 0) is 56.3 Å². The molecule has 31 heavy (non-hydrogen) atoms. The molecule has 7 nitrogen and oxygen atoms in total. The maximum absolute atomic E-state index is 12.6. The second-order valence-corrected chi connectivity index (χ2v) is 8.28. The smallest absolute Gasteiger partial charge is 0.237 e. The van der Waals surface area contributed by atoms with Crippen molar-refractivity contribution in [3.05, 3.63) is 54.2 Å². The van der Waals surface area contributed by atoms with Crippen LogP contribution in [0.25, 0.3) is 11.3 Å². The van der Waals surface area contributed by atoms with Gasteiger partial charge < -0.3 is 19.4 Å². The van der Waals surface area contributed by atoms with Gasteiger partial charge in [-0.1, -0.05) is 11.8 Å². The molecular formula is C23H22N4O3S. The van der Waals surface area contributed by atoms with Gasteiger partial charge in [0.25, 0.3) is 0 Å². The van der Waals surface area contributed by atoms with E-state index >= 15 is 0 Å². The topological polar surface area (TPSA) is 89.2 Å². The monoisotopic (exact) mass is 434 g/mol. The molecule has 0 radical (unpaired) electrons. The van der Waals surface area contributed by atoms with Crippen molar-refractivity contribution in [3.63, 3.8) is 0 Å². The number of nitrogens with one attached hydrogen (secondary N) is 1. The Morgan fingerprint density at radius 2 is 1.97 bits per heavy atom. The molecule has 2 aromatic carbocycles. The Kier molecular flexibility index (Phi) is 6.14. The normalized spacial score (nSPS) is 13.3. The number of hydrogen-bond donors (Lipinski definition) is 1. The Morgan fingerprint density at radius 1 is 1.23 bits per heavy atom. The van der Waals surface area contributed by atoms with Crippen LogP contribution in [0.3, 0.4) is 0 Å². The Labute approximate surface area is 185 Å². The molecule has 0 spiro atoms. The first-order valence-electron chi connectivity index (χ1n) is 10.0. The highest BCUT2D eigenvalue weighted by atomic mass is 32.2. The SMILES string of the molecule is CCn1c(-c2ccc3c(c2)OCCO3)cnc1SC(C)C(=O)Nc1ccc(C#N)cc1. The van der Waals surface area contributed by atoms with E-state index in [1.807, 2.05) is 31.3 Å². The third-order valence-corrected chi connectivity index (χ3v) is 6.01. The summed E-state index contributed by atoms with van der Waals surface area (Å²) in [5, 5.41) is 12.2. The zero-order valence-electron chi connectivity index (χ0n) is 17.3. The van der Waals surface area contributed by atoms with Gasteiger partial charge in [0.15, 0.2) is 16.7 Å². The van der Waals surface area contributed by atoms with Crippen molar-refractivity contribution < 1.29 is 14.3 Å². The second-order valence-electron chi connectivity index (χ2n) is 6.97. The van der Waals surface area contributed by atoms with Gasteiger partial charge in [-0.3, -0.25) is 4.79 Å². The molecule has 1 atom stereocenters. The number of carbonyl (C=O) groups is 1. The van der Waals surface area contributed by atoms with E-state index < -0.39 is 0 Å². The molecule has 1 aromatic heterocycles. The van der Waals surface area contributed by atoms with Crippen molar-refractivity contribution in [2.45, 2.75) is 30.8 Å². The Hall–Kier alpha value is -3.44. The van der Waals surface area contributed by atoms with Crippen LogP contribution in [0.5, 0.6) is 11.5 Å². The highest BCUT2D eigenvalue weighted by Crippen LogP contribution is 2.36. The standard InChI is InChI=1S/C23H22N4O3S/c1-3-27-19(17-6-9-20-21(12-17)30-11-10-29-20)14-25-23(27)31-15(2)22(28)26-18-7-4-16(13-24)5-8-18/h4-9,12,14-15H,3,10-11H2,1-2H3,(H,26,28). The van der Waals surface area contributed by atoms with E-state index in [9.17, 15) is 4.79 Å². The fourth-order valence-electron chi connectivity index (χ4n) is 3.28. The number of carbonyl (C=O) groups excluding carboxylic acids is 1. The lowest BCUT2D eigenvalue weighted by Gasteiger charge is -2.19. The van der Waals surface area contributed by atoms with Crippen LogP contribution < -0.4 is 14.8 Å². The first-order valence-corrected chi connectivity index (χ1v) is 10.9. The van der Waals surface area contributed by atoms with E-state index in [0.29, 0.717) is 24.5 Å². The molecule has 158 valence electrons. The third-order valence-electron chi connectivity index (χ3n) is 4.91. The second kappa shape index (κ2) is 9.14. The van der Waals surface area contributed by atoms with E-state index in [-0.39, 0.29) is 11.2 Å². The Bertz CT molecular complexity index is 1130. The summed E-state index contributed by atoms with van der Waals surface area (Å²) in [7, 11) is 0. The molecule has 8 heteroatoms. The zero-order chi connectivity index (χ0) is 21.8. The number of rotatable bonds is 6. The zero-order valence-corrected chi connectivity index (χ0v) is 18.1. The molecule has 4 rings (SSSR count). The van der Waals surface area contributed by atoms with Gasteiger partial charge in [0.2, 0.25) is 5.91 Å². The molecule has 0 saturated heterocycles. The first kappa shape index (κ1) is 20.8. The number of ether oxygens (including phenoxy) is 2. The number of hydrogen-bond acceptors (Lipinski definition) is 6. The number of amides is 1. The fourth-order valence-corrected chi connectivity index (χ4v) is 4.23. The highest BCUT2D eigenvalue weighted by molar-refractivity contribution is 8.00. The summed E-state index contributed by atoms with van der Waals surface area (Å²) in [6.45, 7) is 5.71. The van der Waals surface area contributed by atoms with Crippen molar-refractivity contribution in [3.8, 4) is 28.8 Å². The number of aromatic nitrogens is 2. The third kappa shape index (κ3) is 4.52. The molecule has 1 N–H and O–H groups in total. The summed E-state index contributed by atoms with van der Waals surface area (Å²) in [5.74, 6) is 1.36. The van der Waals surface area contributed by atoms with Gasteiger partial charge >= 0.3 is 0 Å². The molecule has 1 unspecified atom stereocenters. The largest absolute Gasteiger partial charge is 0.486 e. The number of imidazole rings is 1. The number of thioether (sulfide) groups is 1. The van der Waals surface area contributed by atoms with Crippen molar-refractivity contribution in [2.24, 2.45) is 0 Å². The molecule has 1 aliphatic heterocycles. The minimum Gasteiger partial charge on any atom is -0.486 e. The predicted octanol–water partition coefficient (Wildman–Crippen LogP) is 4.33. The number of benzene rings is 2. The Balaban J connectivity index is 1.49. The van der Waals surface area contributed by atoms with Gasteiger partial charge in [-0.25, -0.2) is 4.98 Å². The van der Waals surface area contributed by atoms with Crippen LogP contribution in [-0.2, 0) is 11.3 Å². The van der Waals surface area contributed by atoms with Gasteiger partial charge in [0, 0.05) is 17.8 Å². The van der Waals surface area contributed by atoms with Crippen molar-refractivity contribution in [1.82, 2.24) is 9.55 Å². The lowest BCUT2D eigenvalue weighted by Crippen LogP contribution is -2.23. The van der Waals surface area contributed by atoms with Crippen LogP contribution >= 0.6 is 11.8 Å². The lowest BCUT2D eigenvalue weighted by molar-refractivity contribution is -0.115. The summed E-state index contributed by atoms with van der Waals surface area (Å²) in [6, 6.07) is 14.7. The van der Waals surface area contributed by atoms with Crippen molar-refractivity contribution in [1.29, 1.82) is 5.26 Å². The van der Waals surface area contributed by atoms with Crippen LogP contribution in [0.4, 0.5) is 5.69 Å². The molecule has 3 aromatic rings. The van der Waals surface area contributed by atoms with E-state index in [1.165, 1.54) is 11.8 Å². The van der Waals surface area contributed by atoms with Crippen molar-refractivity contribution in [2.75, 3.05) is 18.5 Å². The van der Waals surface area contributed by atoms with Gasteiger partial charge in [-0.2, -0.15) is 5.26 Å². The summed E-state index contributed by atoms with van der Waals surface area (Å²) >= 11 is 1.41. The summed E-state index contributed by atoms with van der Waals surface area (Å²) < 4.78 is 13.4. The van der Waals surface area contributed by atoms with Crippen LogP contribution in [-0.4, -0.2) is 33.9 Å². The molecule has 2 heterocycles. The van der Waals surface area contributed by atoms with Gasteiger partial charge in [0.1, 0.15) is 13.2 Å². The summed E-state index contributed by atoms with van der Waals surface area (Å²) in [4.78, 5) is 17.2. The average molecular weight is 435 g/mol. The lowest BCUT2D eigenvalue weighted by atomic mass is 10.1. The van der Waals surface area contributed by atoms with Crippen LogP contribution in [0.15, 0.2) is 53.8 Å².